The van der Waals surface area contributed by atoms with Crippen molar-refractivity contribution in [2.24, 2.45) is 23.7 Å². The highest BCUT2D eigenvalue weighted by atomic mass is 32.2. The number of urea groups is 1. The maximum absolute atomic E-state index is 13.6. The number of hydrogen-bond donors (Lipinski definition) is 1. The van der Waals surface area contributed by atoms with Crippen LogP contribution in [0.2, 0.25) is 0 Å². The minimum absolute atomic E-state index is 0.0316. The summed E-state index contributed by atoms with van der Waals surface area (Å²) >= 11 is 0. The molecule has 0 aliphatic heterocycles. The van der Waals surface area contributed by atoms with E-state index in [1.165, 1.54) is 31.4 Å². The Kier molecular flexibility index (Phi) is 7.37. The molecule has 0 atom stereocenters. The van der Waals surface area contributed by atoms with Gasteiger partial charge < -0.3 is 14.4 Å². The Morgan fingerprint density at radius 3 is 2.23 bits per heavy atom. The van der Waals surface area contributed by atoms with E-state index >= 15 is 0 Å². The number of alkyl halides is 3. The van der Waals surface area contributed by atoms with Gasteiger partial charge in [0.2, 0.25) is 0 Å². The van der Waals surface area contributed by atoms with Crippen molar-refractivity contribution in [3.05, 3.63) is 59.7 Å². The van der Waals surface area contributed by atoms with Crippen LogP contribution in [-0.4, -0.2) is 31.4 Å². The quantitative estimate of drug-likeness (QED) is 0.366. The molecule has 4 aliphatic rings. The number of rotatable bonds is 8. The molecule has 212 valence electrons. The van der Waals surface area contributed by atoms with Crippen LogP contribution in [0.5, 0.6) is 5.75 Å². The van der Waals surface area contributed by atoms with Gasteiger partial charge in [-0.1, -0.05) is 32.0 Å². The van der Waals surface area contributed by atoms with E-state index in [0.29, 0.717) is 35.9 Å². The highest BCUT2D eigenvalue weighted by Crippen LogP contribution is 2.55. The van der Waals surface area contributed by atoms with Gasteiger partial charge >= 0.3 is 22.3 Å². The molecule has 6 nitrogen and oxygen atoms in total. The van der Waals surface area contributed by atoms with Gasteiger partial charge in [0.05, 0.1) is 5.56 Å². The molecule has 0 aromatic heterocycles. The van der Waals surface area contributed by atoms with Crippen molar-refractivity contribution in [2.75, 3.05) is 6.54 Å². The second-order valence-electron chi connectivity index (χ2n) is 12.1. The van der Waals surface area contributed by atoms with Crippen molar-refractivity contribution in [1.82, 2.24) is 10.2 Å². The average Bonchev–Trinajstić information content (AvgIpc) is 2.82. The minimum atomic E-state index is -4.68. The molecular weight excluding hydrogens is 529 g/mol. The second kappa shape index (κ2) is 10.3. The van der Waals surface area contributed by atoms with Crippen molar-refractivity contribution in [2.45, 2.75) is 75.5 Å². The van der Waals surface area contributed by atoms with E-state index in [1.54, 1.807) is 17.0 Å². The first kappa shape index (κ1) is 27.8. The van der Waals surface area contributed by atoms with Gasteiger partial charge in [-0.2, -0.15) is 21.6 Å². The van der Waals surface area contributed by atoms with Crippen LogP contribution in [0.4, 0.5) is 18.0 Å². The normalized spacial score (nSPS) is 26.1. The number of benzene rings is 2. The Bertz CT molecular complexity index is 1290. The fourth-order valence-corrected chi connectivity index (χ4v) is 8.12. The van der Waals surface area contributed by atoms with Gasteiger partial charge in [-0.3, -0.25) is 0 Å². The summed E-state index contributed by atoms with van der Waals surface area (Å²) in [6.45, 7) is 4.83. The lowest BCUT2D eigenvalue weighted by Gasteiger charge is -2.57. The van der Waals surface area contributed by atoms with Crippen LogP contribution in [0.1, 0.15) is 63.5 Å². The van der Waals surface area contributed by atoms with Crippen molar-refractivity contribution in [1.29, 1.82) is 0 Å². The highest BCUT2D eigenvalue weighted by Gasteiger charge is 2.51. The van der Waals surface area contributed by atoms with Gasteiger partial charge in [-0.05, 0) is 98.1 Å². The van der Waals surface area contributed by atoms with Crippen LogP contribution < -0.4 is 9.50 Å². The van der Waals surface area contributed by atoms with Crippen molar-refractivity contribution < 1.29 is 30.6 Å². The first-order valence-corrected chi connectivity index (χ1v) is 15.0. The molecule has 0 saturated heterocycles. The van der Waals surface area contributed by atoms with E-state index in [-0.39, 0.29) is 29.8 Å². The Morgan fingerprint density at radius 1 is 1.03 bits per heavy atom. The number of carbonyl (C=O) groups excluding carboxylic acids is 1. The monoisotopic (exact) mass is 564 g/mol. The van der Waals surface area contributed by atoms with E-state index < -0.39 is 26.8 Å². The lowest BCUT2D eigenvalue weighted by molar-refractivity contribution is -0.137. The molecule has 0 unspecified atom stereocenters. The highest BCUT2D eigenvalue weighted by molar-refractivity contribution is 7.87. The predicted octanol–water partition coefficient (Wildman–Crippen LogP) is 6.61. The fourth-order valence-electron chi connectivity index (χ4n) is 7.15. The summed E-state index contributed by atoms with van der Waals surface area (Å²) in [7, 11) is -4.50. The number of nitrogens with zero attached hydrogens (tertiary/aromatic N) is 1. The summed E-state index contributed by atoms with van der Waals surface area (Å²) < 4.78 is 69.9. The van der Waals surface area contributed by atoms with E-state index in [1.807, 2.05) is 13.8 Å². The van der Waals surface area contributed by atoms with Gasteiger partial charge in [0, 0.05) is 18.6 Å². The number of amides is 2. The molecule has 2 aromatic carbocycles. The molecule has 0 radical (unpaired) electrons. The van der Waals surface area contributed by atoms with E-state index in [9.17, 15) is 26.4 Å². The first-order chi connectivity index (χ1) is 18.3. The molecule has 6 rings (SSSR count). The van der Waals surface area contributed by atoms with Crippen LogP contribution >= 0.6 is 0 Å². The first-order valence-electron chi connectivity index (χ1n) is 13.6. The third-order valence-corrected chi connectivity index (χ3v) is 9.45. The molecule has 2 aromatic rings. The minimum Gasteiger partial charge on any atom is -0.379 e. The fraction of sp³-hybridized carbons (Fsp3) is 0.552. The molecule has 39 heavy (non-hydrogen) atoms. The molecule has 4 bridgehead atoms. The summed E-state index contributed by atoms with van der Waals surface area (Å²) in [6, 6.07) is 9.65. The Hall–Kier alpha value is -2.75. The van der Waals surface area contributed by atoms with Gasteiger partial charge in [0.25, 0.3) is 0 Å². The molecule has 0 spiro atoms. The summed E-state index contributed by atoms with van der Waals surface area (Å²) in [6.07, 6.45) is 2.27. The van der Waals surface area contributed by atoms with E-state index in [2.05, 4.69) is 5.32 Å². The number of nitrogens with one attached hydrogen (secondary N) is 1. The van der Waals surface area contributed by atoms with Crippen LogP contribution in [-0.2, 0) is 22.8 Å². The number of carbonyl (C=O) groups is 1. The molecule has 10 heteroatoms. The zero-order valence-corrected chi connectivity index (χ0v) is 23.0. The standard InChI is InChI=1S/C29H35F3N2O4S/c1-19(2)17-34(27(35)33-28-14-21-9-22(15-28)11-23(10-21)16-28)18-20-5-3-7-25(12-20)38-39(36,37)26-8-4-6-24(13-26)29(30,31)32/h3-8,12-13,19,21-23H,9-11,14-18H2,1-2H3,(H,33,35). The van der Waals surface area contributed by atoms with Crippen molar-refractivity contribution in [3.8, 4) is 5.75 Å². The van der Waals surface area contributed by atoms with E-state index in [4.69, 9.17) is 4.18 Å². The molecule has 4 saturated carbocycles. The van der Waals surface area contributed by atoms with Crippen LogP contribution in [0.25, 0.3) is 0 Å². The van der Waals surface area contributed by atoms with Crippen LogP contribution in [0.15, 0.2) is 53.4 Å². The van der Waals surface area contributed by atoms with Crippen molar-refractivity contribution >= 4 is 16.1 Å². The Labute approximate surface area is 228 Å². The number of halogens is 3. The van der Waals surface area contributed by atoms with Gasteiger partial charge in [0.1, 0.15) is 10.6 Å². The molecular formula is C29H35F3N2O4S. The summed E-state index contributed by atoms with van der Waals surface area (Å²) in [5.74, 6) is 2.27. The van der Waals surface area contributed by atoms with E-state index in [0.717, 1.165) is 37.5 Å². The lowest BCUT2D eigenvalue weighted by Crippen LogP contribution is -2.62. The topological polar surface area (TPSA) is 75.7 Å². The molecule has 1 N–H and O–H groups in total. The zero-order valence-electron chi connectivity index (χ0n) is 22.2. The Morgan fingerprint density at radius 2 is 1.64 bits per heavy atom. The van der Waals surface area contributed by atoms with Gasteiger partial charge in [-0.15, -0.1) is 0 Å². The van der Waals surface area contributed by atoms with Crippen molar-refractivity contribution in [3.63, 3.8) is 0 Å². The van der Waals surface area contributed by atoms with Gasteiger partial charge in [0.15, 0.2) is 0 Å². The summed E-state index contributed by atoms with van der Waals surface area (Å²) in [4.78, 5) is 14.7. The maximum Gasteiger partial charge on any atom is 0.416 e. The second-order valence-corrected chi connectivity index (χ2v) is 13.7. The van der Waals surface area contributed by atoms with Crippen LogP contribution in [0.3, 0.4) is 0 Å². The summed E-state index contributed by atoms with van der Waals surface area (Å²) in [5.41, 5.74) is -0.547. The SMILES string of the molecule is CC(C)CN(Cc1cccc(OS(=O)(=O)c2cccc(C(F)(F)F)c2)c1)C(=O)NC12CC3CC(CC(C3)C1)C2. The Balaban J connectivity index is 1.30. The molecule has 4 fully saturated rings. The smallest absolute Gasteiger partial charge is 0.379 e. The molecule has 4 aliphatic carbocycles. The van der Waals surface area contributed by atoms with Crippen LogP contribution in [0, 0.1) is 23.7 Å². The summed E-state index contributed by atoms with van der Waals surface area (Å²) in [5, 5.41) is 3.41. The average molecular weight is 565 g/mol. The lowest BCUT2D eigenvalue weighted by atomic mass is 9.53. The largest absolute Gasteiger partial charge is 0.416 e. The molecule has 0 heterocycles. The molecule has 2 amide bonds. The van der Waals surface area contributed by atoms with Gasteiger partial charge in [-0.25, -0.2) is 4.79 Å². The maximum atomic E-state index is 13.6. The zero-order chi connectivity index (χ0) is 28.0. The third kappa shape index (κ3) is 6.36. The number of hydrogen-bond acceptors (Lipinski definition) is 4. The predicted molar refractivity (Wildman–Crippen MR) is 140 cm³/mol. The third-order valence-electron chi connectivity index (χ3n) is 8.21.